The summed E-state index contributed by atoms with van der Waals surface area (Å²) in [7, 11) is 1.76. The van der Waals surface area contributed by atoms with Crippen LogP contribution >= 0.6 is 0 Å². The number of aliphatic hydroxyl groups is 1. The zero-order valence-electron chi connectivity index (χ0n) is 20.8. The van der Waals surface area contributed by atoms with Crippen LogP contribution in [-0.2, 0) is 4.74 Å². The summed E-state index contributed by atoms with van der Waals surface area (Å²) in [5.74, 6) is 2.27. The van der Waals surface area contributed by atoms with E-state index in [9.17, 15) is 5.11 Å². The predicted octanol–water partition coefficient (Wildman–Crippen LogP) is 7.55. The van der Waals surface area contributed by atoms with Gasteiger partial charge in [0, 0.05) is 7.11 Å². The fourth-order valence-corrected chi connectivity index (χ4v) is 6.98. The van der Waals surface area contributed by atoms with Gasteiger partial charge in [0.25, 0.3) is 0 Å². The fraction of sp³-hybridized carbons (Fsp3) is 0.724. The van der Waals surface area contributed by atoms with Crippen molar-refractivity contribution in [2.45, 2.75) is 104 Å². The molecule has 2 heteroatoms. The SMILES string of the molecule is C=C1CC/C(=C/C=C2\CCC[C@]3(C)C([C@H](C)CCCC(C)(C)O)CC[C@@H]23)C(=C)[C@H]1OC. The van der Waals surface area contributed by atoms with Crippen molar-refractivity contribution in [3.8, 4) is 0 Å². The van der Waals surface area contributed by atoms with Gasteiger partial charge in [-0.05, 0) is 105 Å². The van der Waals surface area contributed by atoms with E-state index in [0.29, 0.717) is 5.41 Å². The summed E-state index contributed by atoms with van der Waals surface area (Å²) >= 11 is 0. The molecule has 0 radical (unpaired) electrons. The highest BCUT2D eigenvalue weighted by Crippen LogP contribution is 2.60. The van der Waals surface area contributed by atoms with E-state index in [-0.39, 0.29) is 6.10 Å². The van der Waals surface area contributed by atoms with E-state index < -0.39 is 5.60 Å². The lowest BCUT2D eigenvalue weighted by atomic mass is 9.60. The molecule has 0 aliphatic heterocycles. The summed E-state index contributed by atoms with van der Waals surface area (Å²) in [5.41, 5.74) is 5.16. The largest absolute Gasteiger partial charge is 0.390 e. The summed E-state index contributed by atoms with van der Waals surface area (Å²) in [6, 6.07) is 0. The van der Waals surface area contributed by atoms with Crippen molar-refractivity contribution in [2.75, 3.05) is 7.11 Å². The molecule has 3 saturated carbocycles. The summed E-state index contributed by atoms with van der Waals surface area (Å²) in [5, 5.41) is 10.1. The Bertz CT molecular complexity index is 734. The maximum absolute atomic E-state index is 10.1. The van der Waals surface area contributed by atoms with Gasteiger partial charge in [-0.25, -0.2) is 0 Å². The Labute approximate surface area is 191 Å². The molecule has 0 heterocycles. The molecule has 0 bridgehead atoms. The van der Waals surface area contributed by atoms with Crippen LogP contribution in [0.3, 0.4) is 0 Å². The maximum Gasteiger partial charge on any atom is 0.103 e. The molecule has 2 nitrogen and oxygen atoms in total. The number of allylic oxidation sites excluding steroid dienone is 3. The van der Waals surface area contributed by atoms with Gasteiger partial charge >= 0.3 is 0 Å². The minimum absolute atomic E-state index is 0.0179. The molecule has 3 aliphatic carbocycles. The van der Waals surface area contributed by atoms with Crippen LogP contribution in [0.15, 0.2) is 47.6 Å². The third-order valence-corrected chi connectivity index (χ3v) is 8.72. The van der Waals surface area contributed by atoms with Crippen LogP contribution in [0.5, 0.6) is 0 Å². The molecule has 3 fully saturated rings. The first-order chi connectivity index (χ1) is 14.6. The van der Waals surface area contributed by atoms with Gasteiger partial charge in [-0.15, -0.1) is 0 Å². The Morgan fingerprint density at radius 1 is 1.19 bits per heavy atom. The normalized spacial score (nSPS) is 35.6. The third kappa shape index (κ3) is 5.45. The predicted molar refractivity (Wildman–Crippen MR) is 132 cm³/mol. The second-order valence-electron chi connectivity index (χ2n) is 11.5. The monoisotopic (exact) mass is 426 g/mol. The molecule has 0 aromatic rings. The van der Waals surface area contributed by atoms with Gasteiger partial charge in [0.05, 0.1) is 5.60 Å². The molecular weight excluding hydrogens is 380 g/mol. The quantitative estimate of drug-likeness (QED) is 0.426. The smallest absolute Gasteiger partial charge is 0.103 e. The number of hydrogen-bond donors (Lipinski definition) is 1. The lowest BCUT2D eigenvalue weighted by Crippen LogP contribution is -2.36. The zero-order valence-corrected chi connectivity index (χ0v) is 20.8. The molecule has 174 valence electrons. The van der Waals surface area contributed by atoms with E-state index in [0.717, 1.165) is 54.6 Å². The molecule has 1 unspecified atom stereocenters. The average Bonchev–Trinajstić information content (AvgIpc) is 3.04. The number of hydrogen-bond acceptors (Lipinski definition) is 2. The highest BCUT2D eigenvalue weighted by Gasteiger charge is 2.50. The number of ether oxygens (including phenoxy) is 1. The van der Waals surface area contributed by atoms with Crippen molar-refractivity contribution >= 4 is 0 Å². The van der Waals surface area contributed by atoms with Crippen LogP contribution in [0.2, 0.25) is 0 Å². The van der Waals surface area contributed by atoms with Crippen LogP contribution in [0, 0.1) is 23.2 Å². The first kappa shape index (κ1) is 24.5. The molecule has 0 aromatic carbocycles. The van der Waals surface area contributed by atoms with E-state index in [4.69, 9.17) is 4.74 Å². The number of fused-ring (bicyclic) bond motifs is 1. The first-order valence-electron chi connectivity index (χ1n) is 12.6. The maximum atomic E-state index is 10.1. The highest BCUT2D eigenvalue weighted by molar-refractivity contribution is 5.43. The van der Waals surface area contributed by atoms with Crippen molar-refractivity contribution in [3.05, 3.63) is 47.6 Å². The topological polar surface area (TPSA) is 29.5 Å². The summed E-state index contributed by atoms with van der Waals surface area (Å²) in [4.78, 5) is 0. The molecule has 3 aliphatic rings. The Kier molecular flexibility index (Phi) is 7.75. The van der Waals surface area contributed by atoms with Gasteiger partial charge in [0.2, 0.25) is 0 Å². The Balaban J connectivity index is 1.70. The molecule has 5 atom stereocenters. The van der Waals surface area contributed by atoms with E-state index in [1.54, 1.807) is 12.7 Å². The first-order valence-corrected chi connectivity index (χ1v) is 12.6. The number of rotatable bonds is 7. The standard InChI is InChI=1S/C29H46O2/c1-20(10-8-18-28(4,5)30)25-16-17-26-24(11-9-19-29(25,26)6)15-14-23-13-12-21(2)27(31-7)22(23)3/h14-15,20,25-27,30H,2-3,8-13,16-19H2,1,4-7H3/b23-14-,24-15+/t20-,25?,26+,27+,29-/m1/s1. The number of methoxy groups -OCH3 is 1. The molecular formula is C29H46O2. The third-order valence-electron chi connectivity index (χ3n) is 8.72. The van der Waals surface area contributed by atoms with Crippen LogP contribution in [0.1, 0.15) is 91.9 Å². The van der Waals surface area contributed by atoms with Crippen molar-refractivity contribution in [2.24, 2.45) is 23.2 Å². The summed E-state index contributed by atoms with van der Waals surface area (Å²) < 4.78 is 5.64. The van der Waals surface area contributed by atoms with Gasteiger partial charge in [0.1, 0.15) is 6.10 Å². The summed E-state index contributed by atoms with van der Waals surface area (Å²) in [6.07, 6.45) is 16.7. The lowest BCUT2D eigenvalue weighted by molar-refractivity contribution is 0.0597. The summed E-state index contributed by atoms with van der Waals surface area (Å²) in [6.45, 7) is 17.4. The Hall–Kier alpha value is -1.12. The second kappa shape index (κ2) is 9.79. The van der Waals surface area contributed by atoms with Crippen LogP contribution < -0.4 is 0 Å². The van der Waals surface area contributed by atoms with Crippen molar-refractivity contribution < 1.29 is 9.84 Å². The minimum atomic E-state index is -0.534. The molecule has 31 heavy (non-hydrogen) atoms. The van der Waals surface area contributed by atoms with Crippen LogP contribution in [0.4, 0.5) is 0 Å². The van der Waals surface area contributed by atoms with Gasteiger partial charge in [-0.2, -0.15) is 0 Å². The van der Waals surface area contributed by atoms with Crippen molar-refractivity contribution in [1.29, 1.82) is 0 Å². The van der Waals surface area contributed by atoms with Crippen LogP contribution in [0.25, 0.3) is 0 Å². The molecule has 0 aromatic heterocycles. The Morgan fingerprint density at radius 2 is 1.94 bits per heavy atom. The van der Waals surface area contributed by atoms with Crippen molar-refractivity contribution in [3.63, 3.8) is 0 Å². The molecule has 0 spiro atoms. The second-order valence-corrected chi connectivity index (χ2v) is 11.5. The lowest BCUT2D eigenvalue weighted by Gasteiger charge is -2.44. The molecule has 3 rings (SSSR count). The zero-order chi connectivity index (χ0) is 22.8. The fourth-order valence-electron chi connectivity index (χ4n) is 6.98. The molecule has 0 amide bonds. The van der Waals surface area contributed by atoms with Gasteiger partial charge < -0.3 is 9.84 Å². The van der Waals surface area contributed by atoms with E-state index >= 15 is 0 Å². The van der Waals surface area contributed by atoms with Gasteiger partial charge in [0.15, 0.2) is 0 Å². The highest BCUT2D eigenvalue weighted by atomic mass is 16.5. The molecule has 0 saturated heterocycles. The van der Waals surface area contributed by atoms with Crippen LogP contribution in [-0.4, -0.2) is 23.9 Å². The minimum Gasteiger partial charge on any atom is -0.390 e. The Morgan fingerprint density at radius 3 is 2.61 bits per heavy atom. The van der Waals surface area contributed by atoms with E-state index in [1.165, 1.54) is 44.1 Å². The van der Waals surface area contributed by atoms with E-state index in [2.05, 4.69) is 39.2 Å². The van der Waals surface area contributed by atoms with Gasteiger partial charge in [-0.1, -0.05) is 57.6 Å². The van der Waals surface area contributed by atoms with Crippen molar-refractivity contribution in [1.82, 2.24) is 0 Å². The van der Waals surface area contributed by atoms with Gasteiger partial charge in [-0.3, -0.25) is 0 Å². The van der Waals surface area contributed by atoms with E-state index in [1.807, 2.05) is 13.8 Å². The molecule has 1 N–H and O–H groups in total. The average molecular weight is 427 g/mol.